The van der Waals surface area contributed by atoms with Crippen molar-refractivity contribution in [2.24, 2.45) is 5.10 Å². The standard InChI is InChI=1S/C33H33N3O6/c37-36(38)29-18-16-25(17-19-29)20-34-35-33-32(41-23-28-14-8-3-9-15-28)31(40-22-27-12-6-2-7-13-27)30(42-33)24-39-21-26-10-4-1-5-11-26/h1-20,30-33,35H,21-24H2/t30-,31-,32-,33-/m1/s1. The Morgan fingerprint density at radius 1 is 0.738 bits per heavy atom. The molecule has 1 saturated heterocycles. The van der Waals surface area contributed by atoms with Crippen LogP contribution in [0.4, 0.5) is 5.69 Å². The molecular weight excluding hydrogens is 534 g/mol. The van der Waals surface area contributed by atoms with Crippen LogP contribution in [0.25, 0.3) is 0 Å². The number of nitrogens with one attached hydrogen (secondary N) is 1. The number of benzene rings is 4. The lowest BCUT2D eigenvalue weighted by molar-refractivity contribution is -0.384. The minimum atomic E-state index is -0.630. The fourth-order valence-electron chi connectivity index (χ4n) is 4.62. The van der Waals surface area contributed by atoms with Gasteiger partial charge in [0.05, 0.1) is 37.6 Å². The van der Waals surface area contributed by atoms with Crippen LogP contribution in [0.15, 0.2) is 120 Å². The van der Waals surface area contributed by atoms with Gasteiger partial charge in [0.25, 0.3) is 5.69 Å². The Bertz CT molecular complexity index is 1400. The van der Waals surface area contributed by atoms with Gasteiger partial charge < -0.3 is 18.9 Å². The van der Waals surface area contributed by atoms with E-state index in [1.165, 1.54) is 12.1 Å². The molecule has 0 bridgehead atoms. The normalized spacial score (nSPS) is 20.1. The second kappa shape index (κ2) is 15.0. The van der Waals surface area contributed by atoms with E-state index in [4.69, 9.17) is 18.9 Å². The molecule has 0 spiro atoms. The fraction of sp³-hybridized carbons (Fsp3) is 0.242. The van der Waals surface area contributed by atoms with E-state index in [9.17, 15) is 10.1 Å². The average Bonchev–Trinajstić information content (AvgIpc) is 3.36. The van der Waals surface area contributed by atoms with Crippen LogP contribution in [0.1, 0.15) is 22.3 Å². The molecule has 1 fully saturated rings. The third-order valence-electron chi connectivity index (χ3n) is 6.79. The first-order valence-corrected chi connectivity index (χ1v) is 13.8. The molecule has 216 valence electrons. The molecule has 0 saturated carbocycles. The second-order valence-corrected chi connectivity index (χ2v) is 9.85. The minimum absolute atomic E-state index is 0.0189. The molecule has 1 heterocycles. The highest BCUT2D eigenvalue weighted by Gasteiger charge is 2.46. The molecule has 0 aromatic heterocycles. The summed E-state index contributed by atoms with van der Waals surface area (Å²) in [6.45, 7) is 1.48. The Morgan fingerprint density at radius 3 is 1.81 bits per heavy atom. The number of nitro benzene ring substituents is 1. The molecule has 9 heteroatoms. The second-order valence-electron chi connectivity index (χ2n) is 9.85. The summed E-state index contributed by atoms with van der Waals surface area (Å²) >= 11 is 0. The lowest BCUT2D eigenvalue weighted by Gasteiger charge is -2.25. The molecule has 1 aliphatic rings. The molecule has 5 rings (SSSR count). The van der Waals surface area contributed by atoms with E-state index in [2.05, 4.69) is 10.5 Å². The molecule has 0 unspecified atom stereocenters. The van der Waals surface area contributed by atoms with Crippen LogP contribution in [0.3, 0.4) is 0 Å². The van der Waals surface area contributed by atoms with Gasteiger partial charge in [-0.2, -0.15) is 5.10 Å². The molecule has 9 nitrogen and oxygen atoms in total. The van der Waals surface area contributed by atoms with Crippen molar-refractivity contribution in [3.8, 4) is 0 Å². The van der Waals surface area contributed by atoms with Gasteiger partial charge in [0.2, 0.25) is 0 Å². The first-order valence-electron chi connectivity index (χ1n) is 13.8. The van der Waals surface area contributed by atoms with Gasteiger partial charge in [0.1, 0.15) is 18.3 Å². The van der Waals surface area contributed by atoms with Crippen LogP contribution in [-0.4, -0.2) is 42.3 Å². The van der Waals surface area contributed by atoms with Crippen molar-refractivity contribution in [3.05, 3.63) is 148 Å². The molecule has 1 aliphatic heterocycles. The highest BCUT2D eigenvalue weighted by Crippen LogP contribution is 2.28. The third-order valence-corrected chi connectivity index (χ3v) is 6.79. The first-order chi connectivity index (χ1) is 20.7. The predicted octanol–water partition coefficient (Wildman–Crippen LogP) is 5.63. The Labute approximate surface area is 244 Å². The fourth-order valence-corrected chi connectivity index (χ4v) is 4.62. The van der Waals surface area contributed by atoms with Gasteiger partial charge in [-0.1, -0.05) is 91.0 Å². The molecule has 42 heavy (non-hydrogen) atoms. The zero-order chi connectivity index (χ0) is 29.0. The summed E-state index contributed by atoms with van der Waals surface area (Å²) < 4.78 is 25.3. The molecular formula is C33H33N3O6. The number of hydrazone groups is 1. The Kier molecular flexibility index (Phi) is 10.4. The van der Waals surface area contributed by atoms with Crippen molar-refractivity contribution in [1.82, 2.24) is 5.43 Å². The summed E-state index contributed by atoms with van der Waals surface area (Å²) in [6.07, 6.45) is -0.426. The number of ether oxygens (including phenoxy) is 4. The largest absolute Gasteiger partial charge is 0.374 e. The first kappa shape index (κ1) is 29.1. The van der Waals surface area contributed by atoms with Gasteiger partial charge in [0.15, 0.2) is 6.23 Å². The van der Waals surface area contributed by atoms with E-state index in [1.807, 2.05) is 91.0 Å². The Morgan fingerprint density at radius 2 is 1.26 bits per heavy atom. The van der Waals surface area contributed by atoms with Gasteiger partial charge in [-0.25, -0.2) is 0 Å². The SMILES string of the molecule is O=[N+]([O-])c1ccc(C=NN[C@@H]2O[C@H](COCc3ccccc3)[C@@H](OCc3ccccc3)[C@H]2OCc2ccccc2)cc1. The van der Waals surface area contributed by atoms with Crippen molar-refractivity contribution in [2.45, 2.75) is 44.4 Å². The maximum Gasteiger partial charge on any atom is 0.269 e. The third kappa shape index (κ3) is 8.31. The lowest BCUT2D eigenvalue weighted by Crippen LogP contribution is -2.42. The highest BCUT2D eigenvalue weighted by atomic mass is 16.6. The van der Waals surface area contributed by atoms with Crippen molar-refractivity contribution in [1.29, 1.82) is 0 Å². The van der Waals surface area contributed by atoms with Gasteiger partial charge in [-0.05, 0) is 34.4 Å². The maximum atomic E-state index is 11.0. The van der Waals surface area contributed by atoms with Gasteiger partial charge in [-0.15, -0.1) is 0 Å². The number of non-ortho nitro benzene ring substituents is 1. The maximum absolute atomic E-state index is 11.0. The summed E-state index contributed by atoms with van der Waals surface area (Å²) in [7, 11) is 0. The Balaban J connectivity index is 1.32. The summed E-state index contributed by atoms with van der Waals surface area (Å²) in [5.74, 6) is 0. The predicted molar refractivity (Wildman–Crippen MR) is 159 cm³/mol. The summed E-state index contributed by atoms with van der Waals surface area (Å²) in [6, 6.07) is 36.0. The number of nitrogens with zero attached hydrogens (tertiary/aromatic N) is 2. The van der Waals surface area contributed by atoms with Crippen LogP contribution >= 0.6 is 0 Å². The quantitative estimate of drug-likeness (QED) is 0.120. The van der Waals surface area contributed by atoms with E-state index >= 15 is 0 Å². The van der Waals surface area contributed by atoms with Crippen molar-refractivity contribution < 1.29 is 23.9 Å². The van der Waals surface area contributed by atoms with Gasteiger partial charge in [0, 0.05) is 12.1 Å². The molecule has 4 atom stereocenters. The number of hydrogen-bond acceptors (Lipinski definition) is 8. The highest BCUT2D eigenvalue weighted by molar-refractivity contribution is 5.79. The van der Waals surface area contributed by atoms with Crippen LogP contribution in [0, 0.1) is 10.1 Å². The monoisotopic (exact) mass is 567 g/mol. The molecule has 0 amide bonds. The van der Waals surface area contributed by atoms with E-state index in [1.54, 1.807) is 18.3 Å². The number of rotatable bonds is 14. The summed E-state index contributed by atoms with van der Waals surface area (Å²) in [4.78, 5) is 10.5. The van der Waals surface area contributed by atoms with Crippen LogP contribution < -0.4 is 5.43 Å². The van der Waals surface area contributed by atoms with Gasteiger partial charge in [-0.3, -0.25) is 15.5 Å². The van der Waals surface area contributed by atoms with Crippen LogP contribution in [-0.2, 0) is 38.8 Å². The zero-order valence-corrected chi connectivity index (χ0v) is 23.0. The molecule has 1 N–H and O–H groups in total. The topological polar surface area (TPSA) is 104 Å². The summed E-state index contributed by atoms with van der Waals surface area (Å²) in [5.41, 5.74) is 6.92. The average molecular weight is 568 g/mol. The molecule has 0 radical (unpaired) electrons. The van der Waals surface area contributed by atoms with E-state index in [0.29, 0.717) is 32.0 Å². The van der Waals surface area contributed by atoms with E-state index in [0.717, 1.165) is 16.7 Å². The molecule has 4 aromatic rings. The van der Waals surface area contributed by atoms with E-state index < -0.39 is 29.5 Å². The molecule has 0 aliphatic carbocycles. The van der Waals surface area contributed by atoms with Crippen molar-refractivity contribution in [3.63, 3.8) is 0 Å². The molecule has 4 aromatic carbocycles. The minimum Gasteiger partial charge on any atom is -0.374 e. The van der Waals surface area contributed by atoms with Gasteiger partial charge >= 0.3 is 0 Å². The van der Waals surface area contributed by atoms with Crippen LogP contribution in [0.2, 0.25) is 0 Å². The van der Waals surface area contributed by atoms with Crippen molar-refractivity contribution in [2.75, 3.05) is 6.61 Å². The van der Waals surface area contributed by atoms with Crippen LogP contribution in [0.5, 0.6) is 0 Å². The number of nitro groups is 1. The smallest absolute Gasteiger partial charge is 0.269 e. The van der Waals surface area contributed by atoms with Crippen molar-refractivity contribution >= 4 is 11.9 Å². The summed E-state index contributed by atoms with van der Waals surface area (Å²) in [5, 5.41) is 15.3. The lowest BCUT2D eigenvalue weighted by atomic mass is 10.1. The van der Waals surface area contributed by atoms with E-state index in [-0.39, 0.29) is 5.69 Å². The zero-order valence-electron chi connectivity index (χ0n) is 23.0. The Hall–Kier alpha value is -4.41. The number of hydrogen-bond donors (Lipinski definition) is 1.